The molecule has 150 valence electrons. The second-order valence-electron chi connectivity index (χ2n) is 6.88. The third-order valence-electron chi connectivity index (χ3n) is 4.73. The number of hydrogen-bond acceptors (Lipinski definition) is 4. The molecule has 1 aromatic heterocycles. The summed E-state index contributed by atoms with van der Waals surface area (Å²) in [7, 11) is 1.35. The van der Waals surface area contributed by atoms with Crippen molar-refractivity contribution in [2.75, 3.05) is 27.7 Å². The lowest BCUT2D eigenvalue weighted by atomic mass is 10.2. The van der Waals surface area contributed by atoms with E-state index in [9.17, 15) is 13.2 Å². The van der Waals surface area contributed by atoms with E-state index in [4.69, 9.17) is 0 Å². The first kappa shape index (κ1) is 21.4. The van der Waals surface area contributed by atoms with Crippen molar-refractivity contribution in [1.29, 1.82) is 0 Å². The molecule has 0 saturated carbocycles. The number of sulfonamides is 1. The summed E-state index contributed by atoms with van der Waals surface area (Å²) in [5.74, 6) is 0.915. The highest BCUT2D eigenvalue weighted by Gasteiger charge is 2.20. The van der Waals surface area contributed by atoms with Crippen LogP contribution in [0.4, 0.5) is 0 Å². The van der Waals surface area contributed by atoms with E-state index in [1.165, 1.54) is 18.4 Å². The Morgan fingerprint density at radius 1 is 1.19 bits per heavy atom. The highest BCUT2D eigenvalue weighted by atomic mass is 32.2. The van der Waals surface area contributed by atoms with Gasteiger partial charge in [-0.1, -0.05) is 13.3 Å². The van der Waals surface area contributed by atoms with Crippen LogP contribution in [0, 0.1) is 0 Å². The van der Waals surface area contributed by atoms with Crippen LogP contribution in [0.5, 0.6) is 0 Å². The average Bonchev–Trinajstić information content (AvgIpc) is 3.00. The smallest absolute Gasteiger partial charge is 0.242 e. The molecule has 2 rings (SSSR count). The minimum atomic E-state index is -3.50. The van der Waals surface area contributed by atoms with Crippen LogP contribution in [0.1, 0.15) is 38.9 Å². The molecule has 0 aliphatic rings. The first-order valence-electron chi connectivity index (χ1n) is 9.38. The Labute approximate surface area is 162 Å². The van der Waals surface area contributed by atoms with Crippen LogP contribution in [-0.4, -0.2) is 60.8 Å². The molecule has 8 heteroatoms. The summed E-state index contributed by atoms with van der Waals surface area (Å²) >= 11 is 0. The van der Waals surface area contributed by atoms with E-state index in [2.05, 4.69) is 11.9 Å². The predicted molar refractivity (Wildman–Crippen MR) is 107 cm³/mol. The zero-order valence-electron chi connectivity index (χ0n) is 16.9. The van der Waals surface area contributed by atoms with Crippen LogP contribution in [0.25, 0.3) is 11.0 Å². The maximum absolute atomic E-state index is 12.4. The summed E-state index contributed by atoms with van der Waals surface area (Å²) in [4.78, 5) is 18.9. The molecule has 1 amide bonds. The van der Waals surface area contributed by atoms with Crippen molar-refractivity contribution < 1.29 is 13.2 Å². The fourth-order valence-electron chi connectivity index (χ4n) is 3.00. The predicted octanol–water partition coefficient (Wildman–Crippen LogP) is 2.50. The lowest BCUT2D eigenvalue weighted by Crippen LogP contribution is -2.28. The van der Waals surface area contributed by atoms with E-state index in [0.29, 0.717) is 24.9 Å². The van der Waals surface area contributed by atoms with E-state index in [-0.39, 0.29) is 10.8 Å². The minimum absolute atomic E-state index is 0.106. The Morgan fingerprint density at radius 3 is 2.48 bits per heavy atom. The lowest BCUT2D eigenvalue weighted by Gasteiger charge is -2.16. The number of aryl methyl sites for hydroxylation is 2. The molecular weight excluding hydrogens is 364 g/mol. The Bertz CT molecular complexity index is 903. The summed E-state index contributed by atoms with van der Waals surface area (Å²) in [5.41, 5.74) is 1.53. The van der Waals surface area contributed by atoms with Crippen LogP contribution in [0.2, 0.25) is 0 Å². The quantitative estimate of drug-likeness (QED) is 0.655. The molecular formula is C19H30N4O3S. The van der Waals surface area contributed by atoms with E-state index in [1.54, 1.807) is 23.1 Å². The van der Waals surface area contributed by atoms with Gasteiger partial charge < -0.3 is 9.47 Å². The zero-order chi connectivity index (χ0) is 20.2. The largest absolute Gasteiger partial charge is 0.346 e. The first-order valence-corrected chi connectivity index (χ1v) is 10.8. The Morgan fingerprint density at radius 2 is 1.89 bits per heavy atom. The molecule has 0 spiro atoms. The van der Waals surface area contributed by atoms with E-state index >= 15 is 0 Å². The number of benzene rings is 1. The first-order chi connectivity index (χ1) is 12.7. The summed E-state index contributed by atoms with van der Waals surface area (Å²) in [6, 6.07) is 5.01. The maximum Gasteiger partial charge on any atom is 0.242 e. The van der Waals surface area contributed by atoms with Gasteiger partial charge in [0.1, 0.15) is 5.82 Å². The van der Waals surface area contributed by atoms with E-state index in [0.717, 1.165) is 30.7 Å². The fraction of sp³-hybridized carbons (Fsp3) is 0.579. The fourth-order valence-corrected chi connectivity index (χ4v) is 3.93. The number of fused-ring (bicyclic) bond motifs is 1. The lowest BCUT2D eigenvalue weighted by molar-refractivity contribution is -0.129. The molecule has 0 bridgehead atoms. The van der Waals surface area contributed by atoms with E-state index in [1.807, 2.05) is 18.5 Å². The van der Waals surface area contributed by atoms with Crippen LogP contribution < -0.4 is 0 Å². The zero-order valence-corrected chi connectivity index (χ0v) is 17.7. The van der Waals surface area contributed by atoms with Gasteiger partial charge >= 0.3 is 0 Å². The van der Waals surface area contributed by atoms with Gasteiger partial charge in [0, 0.05) is 47.1 Å². The topological polar surface area (TPSA) is 75.5 Å². The number of carbonyl (C=O) groups is 1. The second kappa shape index (κ2) is 8.84. The summed E-state index contributed by atoms with van der Waals surface area (Å²) in [5, 5.41) is 0. The SMILES string of the molecule is CCCCN(C)C(=O)CCc1nc2cc(S(=O)(=O)N(C)C)ccc2n1CC. The van der Waals surface area contributed by atoms with Crippen LogP contribution in [-0.2, 0) is 27.8 Å². The summed E-state index contributed by atoms with van der Waals surface area (Å²) in [6.07, 6.45) is 2.99. The third kappa shape index (κ3) is 4.68. The van der Waals surface area contributed by atoms with Gasteiger partial charge in [-0.2, -0.15) is 0 Å². The van der Waals surface area contributed by atoms with Gasteiger partial charge in [-0.15, -0.1) is 0 Å². The second-order valence-corrected chi connectivity index (χ2v) is 9.03. The third-order valence-corrected chi connectivity index (χ3v) is 6.54. The minimum Gasteiger partial charge on any atom is -0.346 e. The number of unbranched alkanes of at least 4 members (excludes halogenated alkanes) is 1. The van der Waals surface area contributed by atoms with Gasteiger partial charge in [0.2, 0.25) is 15.9 Å². The van der Waals surface area contributed by atoms with Crippen molar-refractivity contribution in [2.24, 2.45) is 0 Å². The molecule has 0 radical (unpaired) electrons. The average molecular weight is 395 g/mol. The Hall–Kier alpha value is -1.93. The normalized spacial score (nSPS) is 12.1. The molecule has 7 nitrogen and oxygen atoms in total. The molecule has 0 aliphatic heterocycles. The molecule has 0 aliphatic carbocycles. The molecule has 0 atom stereocenters. The molecule has 0 N–H and O–H groups in total. The van der Waals surface area contributed by atoms with Crippen molar-refractivity contribution in [2.45, 2.75) is 51.0 Å². The number of nitrogens with zero attached hydrogens (tertiary/aromatic N) is 4. The number of amides is 1. The van der Waals surface area contributed by atoms with Crippen LogP contribution in [0.15, 0.2) is 23.1 Å². The number of hydrogen-bond donors (Lipinski definition) is 0. The number of imidazole rings is 1. The molecule has 0 saturated heterocycles. The number of aromatic nitrogens is 2. The van der Waals surface area contributed by atoms with Crippen molar-refractivity contribution in [3.05, 3.63) is 24.0 Å². The van der Waals surface area contributed by atoms with Crippen LogP contribution in [0.3, 0.4) is 0 Å². The number of rotatable bonds is 9. The maximum atomic E-state index is 12.4. The molecule has 0 unspecified atom stereocenters. The summed E-state index contributed by atoms with van der Waals surface area (Å²) in [6.45, 7) is 5.60. The van der Waals surface area contributed by atoms with Gasteiger partial charge in [-0.25, -0.2) is 17.7 Å². The Kier molecular flexibility index (Phi) is 7.00. The van der Waals surface area contributed by atoms with Gasteiger partial charge in [0.05, 0.1) is 15.9 Å². The highest BCUT2D eigenvalue weighted by Crippen LogP contribution is 2.22. The standard InChI is InChI=1S/C19H30N4O3S/c1-6-8-13-22(5)19(24)12-11-18-20-16-14-15(27(25,26)21(3)4)9-10-17(16)23(18)7-2/h9-10,14H,6-8,11-13H2,1-5H3. The van der Waals surface area contributed by atoms with Crippen molar-refractivity contribution >= 4 is 27.0 Å². The summed E-state index contributed by atoms with van der Waals surface area (Å²) < 4.78 is 27.9. The molecule has 1 aromatic carbocycles. The Balaban J connectivity index is 2.26. The van der Waals surface area contributed by atoms with Gasteiger partial charge in [-0.05, 0) is 31.5 Å². The van der Waals surface area contributed by atoms with Crippen molar-refractivity contribution in [3.8, 4) is 0 Å². The van der Waals surface area contributed by atoms with E-state index < -0.39 is 10.0 Å². The van der Waals surface area contributed by atoms with Gasteiger partial charge in [0.25, 0.3) is 0 Å². The number of carbonyl (C=O) groups excluding carboxylic acids is 1. The monoisotopic (exact) mass is 394 g/mol. The highest BCUT2D eigenvalue weighted by molar-refractivity contribution is 7.89. The van der Waals surface area contributed by atoms with Crippen molar-refractivity contribution in [3.63, 3.8) is 0 Å². The van der Waals surface area contributed by atoms with Crippen LogP contribution >= 0.6 is 0 Å². The van der Waals surface area contributed by atoms with Gasteiger partial charge in [-0.3, -0.25) is 4.79 Å². The molecule has 0 fully saturated rings. The molecule has 1 heterocycles. The molecule has 2 aromatic rings. The van der Waals surface area contributed by atoms with Gasteiger partial charge in [0.15, 0.2) is 0 Å². The molecule has 27 heavy (non-hydrogen) atoms. The van der Waals surface area contributed by atoms with Crippen molar-refractivity contribution in [1.82, 2.24) is 18.8 Å².